The van der Waals surface area contributed by atoms with Crippen molar-refractivity contribution in [1.82, 2.24) is 10.2 Å². The minimum Gasteiger partial charge on any atom is -0.359 e. The summed E-state index contributed by atoms with van der Waals surface area (Å²) < 4.78 is 0.842. The molecule has 0 spiro atoms. The van der Waals surface area contributed by atoms with Gasteiger partial charge in [-0.25, -0.2) is 0 Å². The molecule has 6 heteroatoms. The molecule has 0 saturated carbocycles. The number of halogens is 1. The van der Waals surface area contributed by atoms with Crippen molar-refractivity contribution in [3.63, 3.8) is 0 Å². The molecule has 0 bridgehead atoms. The standard InChI is InChI=1S/C7H10BrN3S2/c8-6-10-11-7(13-6)9-4-5-2-1-3-12-5/h5H,1-4H2,(H,9,11). The van der Waals surface area contributed by atoms with Crippen LogP contribution in [0.25, 0.3) is 0 Å². The Kier molecular flexibility index (Phi) is 3.45. The van der Waals surface area contributed by atoms with Crippen LogP contribution in [0.15, 0.2) is 3.92 Å². The first kappa shape index (κ1) is 9.73. The molecule has 1 aliphatic rings. The van der Waals surface area contributed by atoms with Crippen molar-refractivity contribution in [2.24, 2.45) is 0 Å². The van der Waals surface area contributed by atoms with Crippen molar-refractivity contribution in [2.75, 3.05) is 17.6 Å². The van der Waals surface area contributed by atoms with Crippen LogP contribution < -0.4 is 5.32 Å². The van der Waals surface area contributed by atoms with E-state index in [1.54, 1.807) is 11.3 Å². The largest absolute Gasteiger partial charge is 0.359 e. The maximum absolute atomic E-state index is 3.98. The Hall–Kier alpha value is 0.190. The van der Waals surface area contributed by atoms with Gasteiger partial charge in [-0.3, -0.25) is 0 Å². The third kappa shape index (κ3) is 2.82. The normalized spacial score (nSPS) is 22.1. The number of aromatic nitrogens is 2. The third-order valence-corrected chi connectivity index (χ3v) is 4.62. The van der Waals surface area contributed by atoms with E-state index >= 15 is 0 Å². The van der Waals surface area contributed by atoms with E-state index in [-0.39, 0.29) is 0 Å². The predicted octanol–water partition coefficient (Wildman–Crippen LogP) is 2.61. The Morgan fingerprint density at radius 3 is 3.08 bits per heavy atom. The van der Waals surface area contributed by atoms with Crippen LogP contribution in [-0.4, -0.2) is 27.7 Å². The second-order valence-electron chi connectivity index (χ2n) is 2.88. The maximum Gasteiger partial charge on any atom is 0.206 e. The van der Waals surface area contributed by atoms with Gasteiger partial charge in [0.1, 0.15) is 0 Å². The summed E-state index contributed by atoms with van der Waals surface area (Å²) in [6, 6.07) is 0. The molecule has 0 aliphatic carbocycles. The number of thioether (sulfide) groups is 1. The highest BCUT2D eigenvalue weighted by Gasteiger charge is 2.15. The van der Waals surface area contributed by atoms with E-state index in [2.05, 4.69) is 43.2 Å². The number of anilines is 1. The van der Waals surface area contributed by atoms with E-state index in [0.717, 1.165) is 20.8 Å². The predicted molar refractivity (Wildman–Crippen MR) is 61.6 cm³/mol. The van der Waals surface area contributed by atoms with Gasteiger partial charge in [0, 0.05) is 11.8 Å². The Bertz CT molecular complexity index is 272. The van der Waals surface area contributed by atoms with Crippen molar-refractivity contribution >= 4 is 44.2 Å². The number of hydrogen-bond donors (Lipinski definition) is 1. The van der Waals surface area contributed by atoms with Gasteiger partial charge < -0.3 is 5.32 Å². The number of nitrogens with zero attached hydrogens (tertiary/aromatic N) is 2. The molecule has 3 nitrogen and oxygen atoms in total. The first-order valence-corrected chi connectivity index (χ1v) is 6.85. The molecule has 1 aromatic rings. The Morgan fingerprint density at radius 1 is 1.54 bits per heavy atom. The number of nitrogens with one attached hydrogen (secondary N) is 1. The zero-order valence-electron chi connectivity index (χ0n) is 6.99. The second-order valence-corrected chi connectivity index (χ2v) is 6.54. The summed E-state index contributed by atoms with van der Waals surface area (Å²) in [5.74, 6) is 1.31. The molecule has 1 unspecified atom stereocenters. The van der Waals surface area contributed by atoms with Gasteiger partial charge in [-0.1, -0.05) is 11.3 Å². The molecule has 0 radical (unpaired) electrons. The fourth-order valence-electron chi connectivity index (χ4n) is 1.28. The molecule has 1 saturated heterocycles. The zero-order chi connectivity index (χ0) is 9.10. The maximum atomic E-state index is 3.98. The summed E-state index contributed by atoms with van der Waals surface area (Å²) in [5, 5.41) is 12.8. The van der Waals surface area contributed by atoms with Gasteiger partial charge in [0.05, 0.1) is 0 Å². The van der Waals surface area contributed by atoms with Crippen molar-refractivity contribution in [2.45, 2.75) is 18.1 Å². The van der Waals surface area contributed by atoms with Gasteiger partial charge in [-0.15, -0.1) is 10.2 Å². The van der Waals surface area contributed by atoms with Gasteiger partial charge in [-0.05, 0) is 34.5 Å². The summed E-state index contributed by atoms with van der Waals surface area (Å²) in [4.78, 5) is 0. The van der Waals surface area contributed by atoms with Gasteiger partial charge in [0.15, 0.2) is 3.92 Å². The molecule has 13 heavy (non-hydrogen) atoms. The molecule has 0 aromatic carbocycles. The average molecular weight is 280 g/mol. The minimum atomic E-state index is 0.766. The third-order valence-electron chi connectivity index (χ3n) is 1.91. The fraction of sp³-hybridized carbons (Fsp3) is 0.714. The first-order chi connectivity index (χ1) is 6.34. The highest BCUT2D eigenvalue weighted by Crippen LogP contribution is 2.27. The van der Waals surface area contributed by atoms with Gasteiger partial charge >= 0.3 is 0 Å². The van der Waals surface area contributed by atoms with Crippen LogP contribution in [0.2, 0.25) is 0 Å². The molecule has 1 atom stereocenters. The first-order valence-electron chi connectivity index (χ1n) is 4.19. The smallest absolute Gasteiger partial charge is 0.206 e. The van der Waals surface area contributed by atoms with Gasteiger partial charge in [-0.2, -0.15) is 11.8 Å². The molecule has 1 aromatic heterocycles. The van der Waals surface area contributed by atoms with E-state index in [9.17, 15) is 0 Å². The second kappa shape index (κ2) is 4.61. The Balaban J connectivity index is 1.78. The lowest BCUT2D eigenvalue weighted by Gasteiger charge is -2.07. The molecule has 1 N–H and O–H groups in total. The van der Waals surface area contributed by atoms with Crippen LogP contribution >= 0.6 is 39.0 Å². The monoisotopic (exact) mass is 279 g/mol. The van der Waals surface area contributed by atoms with Crippen molar-refractivity contribution in [1.29, 1.82) is 0 Å². The molecular formula is C7H10BrN3S2. The Labute approximate surface area is 93.8 Å². The number of rotatable bonds is 3. The number of hydrogen-bond acceptors (Lipinski definition) is 5. The lowest BCUT2D eigenvalue weighted by atomic mass is 10.2. The SMILES string of the molecule is Brc1nnc(NCC2CCCS2)s1. The zero-order valence-corrected chi connectivity index (χ0v) is 10.2. The molecule has 1 aliphatic heterocycles. The molecule has 72 valence electrons. The topological polar surface area (TPSA) is 37.8 Å². The van der Waals surface area contributed by atoms with E-state index in [1.165, 1.54) is 18.6 Å². The summed E-state index contributed by atoms with van der Waals surface area (Å²) >= 11 is 6.88. The summed E-state index contributed by atoms with van der Waals surface area (Å²) in [6.07, 6.45) is 2.69. The van der Waals surface area contributed by atoms with Crippen LogP contribution in [0, 0.1) is 0 Å². The lowest BCUT2D eigenvalue weighted by molar-refractivity contribution is 0.803. The molecule has 2 rings (SSSR count). The quantitative estimate of drug-likeness (QED) is 0.923. The van der Waals surface area contributed by atoms with Crippen LogP contribution in [0.5, 0.6) is 0 Å². The van der Waals surface area contributed by atoms with Crippen molar-refractivity contribution < 1.29 is 0 Å². The van der Waals surface area contributed by atoms with Crippen LogP contribution in [0.4, 0.5) is 5.13 Å². The molecule has 0 amide bonds. The summed E-state index contributed by atoms with van der Waals surface area (Å²) in [6.45, 7) is 1.02. The highest BCUT2D eigenvalue weighted by atomic mass is 79.9. The van der Waals surface area contributed by atoms with Crippen LogP contribution in [0.1, 0.15) is 12.8 Å². The summed E-state index contributed by atoms with van der Waals surface area (Å²) in [7, 11) is 0. The lowest BCUT2D eigenvalue weighted by Crippen LogP contribution is -2.13. The highest BCUT2D eigenvalue weighted by molar-refractivity contribution is 9.11. The van der Waals surface area contributed by atoms with E-state index < -0.39 is 0 Å². The van der Waals surface area contributed by atoms with Gasteiger partial charge in [0.25, 0.3) is 0 Å². The van der Waals surface area contributed by atoms with Crippen molar-refractivity contribution in [3.05, 3.63) is 3.92 Å². The average Bonchev–Trinajstić information content (AvgIpc) is 2.71. The van der Waals surface area contributed by atoms with Crippen LogP contribution in [-0.2, 0) is 0 Å². The Morgan fingerprint density at radius 2 is 2.46 bits per heavy atom. The molecular weight excluding hydrogens is 270 g/mol. The minimum absolute atomic E-state index is 0.766. The van der Waals surface area contributed by atoms with E-state index in [4.69, 9.17) is 0 Å². The summed E-state index contributed by atoms with van der Waals surface area (Å²) in [5.41, 5.74) is 0. The fourth-order valence-corrected chi connectivity index (χ4v) is 3.50. The van der Waals surface area contributed by atoms with E-state index in [0.29, 0.717) is 0 Å². The van der Waals surface area contributed by atoms with E-state index in [1.807, 2.05) is 0 Å². The van der Waals surface area contributed by atoms with Crippen molar-refractivity contribution in [3.8, 4) is 0 Å². The molecule has 1 fully saturated rings. The van der Waals surface area contributed by atoms with Gasteiger partial charge in [0.2, 0.25) is 5.13 Å². The van der Waals surface area contributed by atoms with Crippen LogP contribution in [0.3, 0.4) is 0 Å². The molecule has 2 heterocycles.